The van der Waals surface area contributed by atoms with E-state index >= 15 is 0 Å². The normalized spacial score (nSPS) is 9.82. The fourth-order valence-electron chi connectivity index (χ4n) is 0.661. The van der Waals surface area contributed by atoms with Crippen LogP contribution in [0.15, 0.2) is 16.6 Å². The summed E-state index contributed by atoms with van der Waals surface area (Å²) in [5, 5.41) is 1.10. The molecule has 1 aromatic rings. The highest BCUT2D eigenvalue weighted by molar-refractivity contribution is 9.10. The molecule has 2 nitrogen and oxygen atoms in total. The van der Waals surface area contributed by atoms with Gasteiger partial charge in [0.05, 0.1) is 10.7 Å². The van der Waals surface area contributed by atoms with Crippen LogP contribution in [0.1, 0.15) is 0 Å². The Kier molecular flexibility index (Phi) is 3.01. The molecule has 0 saturated heterocycles. The zero-order valence-corrected chi connectivity index (χ0v) is 8.46. The average Bonchev–Trinajstić information content (AvgIpc) is 1.96. The zero-order valence-electron chi connectivity index (χ0n) is 5.37. The average molecular weight is 256 g/mol. The van der Waals surface area contributed by atoms with Crippen molar-refractivity contribution in [1.82, 2.24) is 0 Å². The Bertz CT molecular complexity index is 278. The van der Waals surface area contributed by atoms with Gasteiger partial charge in [-0.3, -0.25) is 5.84 Å². The topological polar surface area (TPSA) is 38.0 Å². The molecule has 0 aliphatic carbocycles. The number of hydrogen-bond acceptors (Lipinski definition) is 2. The van der Waals surface area contributed by atoms with Crippen LogP contribution in [0.3, 0.4) is 0 Å². The van der Waals surface area contributed by atoms with E-state index in [4.69, 9.17) is 29.0 Å². The Hall–Kier alpha value is 0.0400. The number of hydrazine groups is 1. The first kappa shape index (κ1) is 9.13. The van der Waals surface area contributed by atoms with E-state index in [2.05, 4.69) is 21.4 Å². The van der Waals surface area contributed by atoms with Crippen molar-refractivity contribution in [3.63, 3.8) is 0 Å². The van der Waals surface area contributed by atoms with Gasteiger partial charge in [-0.2, -0.15) is 0 Å². The molecule has 0 heterocycles. The van der Waals surface area contributed by atoms with Crippen molar-refractivity contribution in [2.45, 2.75) is 0 Å². The predicted octanol–water partition coefficient (Wildman–Crippen LogP) is 3.04. The van der Waals surface area contributed by atoms with Crippen LogP contribution >= 0.6 is 39.1 Å². The first-order valence-electron chi connectivity index (χ1n) is 2.76. The molecule has 60 valence electrons. The minimum absolute atomic E-state index is 0.525. The van der Waals surface area contributed by atoms with E-state index in [0.29, 0.717) is 15.7 Å². The molecule has 3 N–H and O–H groups in total. The van der Waals surface area contributed by atoms with Gasteiger partial charge in [-0.15, -0.1) is 0 Å². The first-order chi connectivity index (χ1) is 5.15. The van der Waals surface area contributed by atoms with Crippen molar-refractivity contribution in [3.05, 3.63) is 26.7 Å². The van der Waals surface area contributed by atoms with Crippen molar-refractivity contribution in [2.75, 3.05) is 5.43 Å². The fraction of sp³-hybridized carbons (Fsp3) is 0. The Balaban J connectivity index is 3.24. The number of rotatable bonds is 1. The first-order valence-corrected chi connectivity index (χ1v) is 4.31. The molecule has 0 saturated carbocycles. The monoisotopic (exact) mass is 254 g/mol. The Morgan fingerprint density at radius 3 is 2.55 bits per heavy atom. The van der Waals surface area contributed by atoms with Gasteiger partial charge >= 0.3 is 0 Å². The standard InChI is InChI=1S/C6H5BrCl2N2/c7-4-1-3(8)2-5(11-10)6(4)9/h1-2,11H,10H2. The highest BCUT2D eigenvalue weighted by Gasteiger charge is 2.04. The molecule has 0 unspecified atom stereocenters. The lowest BCUT2D eigenvalue weighted by atomic mass is 10.3. The Morgan fingerprint density at radius 1 is 1.36 bits per heavy atom. The molecule has 0 aliphatic heterocycles. The number of nitrogen functional groups attached to an aromatic ring is 1. The van der Waals surface area contributed by atoms with Crippen molar-refractivity contribution in [2.24, 2.45) is 5.84 Å². The lowest BCUT2D eigenvalue weighted by Gasteiger charge is -2.04. The quantitative estimate of drug-likeness (QED) is 0.460. The molecule has 0 amide bonds. The maximum atomic E-state index is 5.82. The third kappa shape index (κ3) is 1.99. The Labute approximate surface area is 82.8 Å². The van der Waals surface area contributed by atoms with Gasteiger partial charge < -0.3 is 5.43 Å². The third-order valence-electron chi connectivity index (χ3n) is 1.15. The van der Waals surface area contributed by atoms with E-state index in [1.807, 2.05) is 0 Å². The largest absolute Gasteiger partial charge is 0.323 e. The molecule has 1 rings (SSSR count). The van der Waals surface area contributed by atoms with Gasteiger partial charge in [0.1, 0.15) is 0 Å². The molecule has 5 heteroatoms. The molecule has 0 aliphatic rings. The minimum Gasteiger partial charge on any atom is -0.323 e. The van der Waals surface area contributed by atoms with Gasteiger partial charge in [0.25, 0.3) is 0 Å². The van der Waals surface area contributed by atoms with E-state index in [9.17, 15) is 0 Å². The summed E-state index contributed by atoms with van der Waals surface area (Å²) in [6.45, 7) is 0. The summed E-state index contributed by atoms with van der Waals surface area (Å²) < 4.78 is 0.722. The summed E-state index contributed by atoms with van der Waals surface area (Å²) in [5.41, 5.74) is 3.03. The minimum atomic E-state index is 0.525. The number of halogens is 3. The molecule has 0 bridgehead atoms. The fourth-order valence-corrected chi connectivity index (χ4v) is 1.63. The second-order valence-electron chi connectivity index (χ2n) is 1.89. The van der Waals surface area contributed by atoms with Crippen LogP contribution in [0.5, 0.6) is 0 Å². The SMILES string of the molecule is NNc1cc(Cl)cc(Br)c1Cl. The molecule has 0 radical (unpaired) electrons. The Morgan fingerprint density at radius 2 is 2.00 bits per heavy atom. The maximum Gasteiger partial charge on any atom is 0.0793 e. The summed E-state index contributed by atoms with van der Waals surface area (Å²) in [4.78, 5) is 0. The summed E-state index contributed by atoms with van der Waals surface area (Å²) in [6.07, 6.45) is 0. The number of nitrogens with two attached hydrogens (primary N) is 1. The lowest BCUT2D eigenvalue weighted by Crippen LogP contribution is -2.07. The second kappa shape index (κ2) is 3.63. The number of hydrogen-bond donors (Lipinski definition) is 2. The van der Waals surface area contributed by atoms with Gasteiger partial charge in [0.2, 0.25) is 0 Å². The summed E-state index contributed by atoms with van der Waals surface area (Å²) in [6, 6.07) is 3.35. The number of benzene rings is 1. The highest BCUT2D eigenvalue weighted by atomic mass is 79.9. The molecule has 0 atom stereocenters. The van der Waals surface area contributed by atoms with E-state index in [-0.39, 0.29) is 0 Å². The van der Waals surface area contributed by atoms with E-state index in [0.717, 1.165) is 4.47 Å². The lowest BCUT2D eigenvalue weighted by molar-refractivity contribution is 1.35. The molecule has 1 aromatic carbocycles. The van der Waals surface area contributed by atoms with Crippen LogP contribution in [0.4, 0.5) is 5.69 Å². The van der Waals surface area contributed by atoms with Crippen LogP contribution in [0.2, 0.25) is 10.0 Å². The van der Waals surface area contributed by atoms with Gasteiger partial charge in [-0.05, 0) is 28.1 Å². The summed E-state index contributed by atoms with van der Waals surface area (Å²) in [7, 11) is 0. The number of anilines is 1. The van der Waals surface area contributed by atoms with Gasteiger partial charge in [0.15, 0.2) is 0 Å². The van der Waals surface area contributed by atoms with Crippen LogP contribution in [0, 0.1) is 0 Å². The smallest absolute Gasteiger partial charge is 0.0793 e. The van der Waals surface area contributed by atoms with Crippen LogP contribution in [-0.4, -0.2) is 0 Å². The number of nitrogens with one attached hydrogen (secondary N) is 1. The summed E-state index contributed by atoms with van der Waals surface area (Å²) in [5.74, 6) is 5.17. The van der Waals surface area contributed by atoms with Crippen LogP contribution < -0.4 is 11.3 Å². The van der Waals surface area contributed by atoms with Crippen molar-refractivity contribution >= 4 is 44.8 Å². The van der Waals surface area contributed by atoms with E-state index in [1.54, 1.807) is 12.1 Å². The second-order valence-corrected chi connectivity index (χ2v) is 3.56. The van der Waals surface area contributed by atoms with E-state index in [1.165, 1.54) is 0 Å². The van der Waals surface area contributed by atoms with Crippen molar-refractivity contribution in [3.8, 4) is 0 Å². The molecule has 0 aromatic heterocycles. The van der Waals surface area contributed by atoms with Crippen molar-refractivity contribution in [1.29, 1.82) is 0 Å². The van der Waals surface area contributed by atoms with Crippen molar-refractivity contribution < 1.29 is 0 Å². The summed E-state index contributed by atoms with van der Waals surface area (Å²) >= 11 is 14.8. The van der Waals surface area contributed by atoms with Gasteiger partial charge in [-0.25, -0.2) is 0 Å². The molecular formula is C6H5BrCl2N2. The van der Waals surface area contributed by atoms with Crippen LogP contribution in [-0.2, 0) is 0 Å². The highest BCUT2D eigenvalue weighted by Crippen LogP contribution is 2.32. The van der Waals surface area contributed by atoms with Crippen LogP contribution in [0.25, 0.3) is 0 Å². The molecule has 0 spiro atoms. The zero-order chi connectivity index (χ0) is 8.43. The predicted molar refractivity (Wildman–Crippen MR) is 52.0 cm³/mol. The molecular weight excluding hydrogens is 251 g/mol. The molecule has 11 heavy (non-hydrogen) atoms. The molecule has 0 fully saturated rings. The van der Waals surface area contributed by atoms with Gasteiger partial charge in [-0.1, -0.05) is 23.2 Å². The van der Waals surface area contributed by atoms with E-state index < -0.39 is 0 Å². The maximum absolute atomic E-state index is 5.82. The van der Waals surface area contributed by atoms with Gasteiger partial charge in [0, 0.05) is 9.50 Å². The third-order valence-corrected chi connectivity index (χ3v) is 2.63.